The smallest absolute Gasteiger partial charge is 0.306 e. The number of pyridine rings is 1. The fourth-order valence-electron chi connectivity index (χ4n) is 2.33. The van der Waals surface area contributed by atoms with E-state index in [9.17, 15) is 9.59 Å². The Hall–Kier alpha value is -2.11. The van der Waals surface area contributed by atoms with Gasteiger partial charge in [0.2, 0.25) is 5.88 Å². The first-order valence-electron chi connectivity index (χ1n) is 7.13. The third-order valence-electron chi connectivity index (χ3n) is 3.43. The lowest BCUT2D eigenvalue weighted by Crippen LogP contribution is -2.40. The molecule has 0 bridgehead atoms. The van der Waals surface area contributed by atoms with Gasteiger partial charge in [0.25, 0.3) is 5.91 Å². The van der Waals surface area contributed by atoms with Crippen molar-refractivity contribution in [2.24, 2.45) is 5.92 Å². The molecular weight excluding hydrogens is 272 g/mol. The third-order valence-corrected chi connectivity index (χ3v) is 3.43. The normalized spacial score (nSPS) is 16.0. The van der Waals surface area contributed by atoms with Crippen molar-refractivity contribution >= 4 is 11.9 Å². The molecule has 1 aliphatic heterocycles. The van der Waals surface area contributed by atoms with Crippen molar-refractivity contribution in [1.82, 2.24) is 9.88 Å². The first kappa shape index (κ1) is 15.3. The van der Waals surface area contributed by atoms with E-state index in [0.717, 1.165) is 0 Å². The van der Waals surface area contributed by atoms with Gasteiger partial charge in [0.1, 0.15) is 5.69 Å². The van der Waals surface area contributed by atoms with Crippen molar-refractivity contribution in [3.8, 4) is 5.88 Å². The Morgan fingerprint density at radius 2 is 2.00 bits per heavy atom. The van der Waals surface area contributed by atoms with Crippen LogP contribution in [0.3, 0.4) is 0 Å². The van der Waals surface area contributed by atoms with Crippen LogP contribution in [0.4, 0.5) is 0 Å². The number of piperidine rings is 1. The molecule has 2 rings (SSSR count). The second-order valence-corrected chi connectivity index (χ2v) is 5.43. The quantitative estimate of drug-likeness (QED) is 0.915. The highest BCUT2D eigenvalue weighted by atomic mass is 16.5. The summed E-state index contributed by atoms with van der Waals surface area (Å²) >= 11 is 0. The van der Waals surface area contributed by atoms with Gasteiger partial charge in [-0.1, -0.05) is 6.07 Å². The molecule has 0 aliphatic carbocycles. The van der Waals surface area contributed by atoms with E-state index in [2.05, 4.69) is 4.98 Å². The van der Waals surface area contributed by atoms with Gasteiger partial charge in [0.05, 0.1) is 12.0 Å². The summed E-state index contributed by atoms with van der Waals surface area (Å²) in [6.45, 7) is 4.69. The maximum absolute atomic E-state index is 12.4. The second-order valence-electron chi connectivity index (χ2n) is 5.43. The maximum atomic E-state index is 12.4. The molecule has 1 amide bonds. The molecule has 1 fully saturated rings. The van der Waals surface area contributed by atoms with Crippen molar-refractivity contribution in [2.75, 3.05) is 13.1 Å². The van der Waals surface area contributed by atoms with E-state index in [1.807, 2.05) is 13.8 Å². The van der Waals surface area contributed by atoms with Gasteiger partial charge in [0, 0.05) is 19.2 Å². The highest BCUT2D eigenvalue weighted by Gasteiger charge is 2.28. The summed E-state index contributed by atoms with van der Waals surface area (Å²) in [5.41, 5.74) is 0.335. The number of carbonyl (C=O) groups excluding carboxylic acids is 1. The maximum Gasteiger partial charge on any atom is 0.306 e. The van der Waals surface area contributed by atoms with E-state index >= 15 is 0 Å². The van der Waals surface area contributed by atoms with E-state index in [4.69, 9.17) is 9.84 Å². The average Bonchev–Trinajstić information content (AvgIpc) is 2.46. The lowest BCUT2D eigenvalue weighted by Gasteiger charge is -2.29. The van der Waals surface area contributed by atoms with Gasteiger partial charge in [-0.25, -0.2) is 4.98 Å². The van der Waals surface area contributed by atoms with Crippen molar-refractivity contribution in [3.05, 3.63) is 23.9 Å². The van der Waals surface area contributed by atoms with Crippen LogP contribution in [0.1, 0.15) is 37.2 Å². The minimum absolute atomic E-state index is 0.00540. The summed E-state index contributed by atoms with van der Waals surface area (Å²) in [5, 5.41) is 8.97. The van der Waals surface area contributed by atoms with Gasteiger partial charge < -0.3 is 14.7 Å². The number of rotatable bonds is 4. The predicted octanol–water partition coefficient (Wildman–Crippen LogP) is 1.81. The number of aromatic nitrogens is 1. The molecule has 6 nitrogen and oxygen atoms in total. The lowest BCUT2D eigenvalue weighted by molar-refractivity contribution is -0.143. The second kappa shape index (κ2) is 6.56. The molecule has 21 heavy (non-hydrogen) atoms. The molecule has 1 N–H and O–H groups in total. The highest BCUT2D eigenvalue weighted by molar-refractivity contribution is 5.92. The first-order chi connectivity index (χ1) is 9.97. The monoisotopic (exact) mass is 292 g/mol. The molecule has 1 saturated heterocycles. The van der Waals surface area contributed by atoms with Gasteiger partial charge in [-0.3, -0.25) is 9.59 Å². The average molecular weight is 292 g/mol. The molecule has 6 heteroatoms. The molecule has 2 heterocycles. The number of likely N-dealkylation sites (tertiary alicyclic amines) is 1. The summed E-state index contributed by atoms with van der Waals surface area (Å²) in [4.78, 5) is 29.2. The minimum atomic E-state index is -0.785. The number of hydrogen-bond acceptors (Lipinski definition) is 4. The van der Waals surface area contributed by atoms with Crippen LogP contribution in [0.2, 0.25) is 0 Å². The number of amides is 1. The first-order valence-corrected chi connectivity index (χ1v) is 7.13. The molecule has 1 aliphatic rings. The Balaban J connectivity index is 2.02. The number of carboxylic acids is 1. The van der Waals surface area contributed by atoms with Crippen molar-refractivity contribution in [3.63, 3.8) is 0 Å². The molecule has 0 unspecified atom stereocenters. The minimum Gasteiger partial charge on any atom is -0.481 e. The molecule has 0 aromatic carbocycles. The van der Waals surface area contributed by atoms with Crippen LogP contribution >= 0.6 is 0 Å². The summed E-state index contributed by atoms with van der Waals surface area (Å²) in [6, 6.07) is 5.11. The zero-order chi connectivity index (χ0) is 15.4. The van der Waals surface area contributed by atoms with Crippen LogP contribution < -0.4 is 4.74 Å². The number of ether oxygens (including phenoxy) is 1. The Labute approximate surface area is 123 Å². The predicted molar refractivity (Wildman–Crippen MR) is 76.3 cm³/mol. The van der Waals surface area contributed by atoms with Crippen molar-refractivity contribution < 1.29 is 19.4 Å². The number of carbonyl (C=O) groups is 2. The van der Waals surface area contributed by atoms with Crippen LogP contribution in [0, 0.1) is 5.92 Å². The van der Waals surface area contributed by atoms with Crippen molar-refractivity contribution in [1.29, 1.82) is 0 Å². The Bertz CT molecular complexity index is 522. The van der Waals surface area contributed by atoms with Gasteiger partial charge in [-0.15, -0.1) is 0 Å². The SMILES string of the molecule is CC(C)Oc1cccc(C(=O)N2CCC(C(=O)O)CC2)n1. The molecule has 114 valence electrons. The standard InChI is InChI=1S/C15H20N2O4/c1-10(2)21-13-5-3-4-12(16-13)14(18)17-8-6-11(7-9-17)15(19)20/h3-5,10-11H,6-9H2,1-2H3,(H,19,20). The van der Waals surface area contributed by atoms with Crippen molar-refractivity contribution in [2.45, 2.75) is 32.8 Å². The molecule has 0 atom stereocenters. The van der Waals surface area contributed by atoms with Gasteiger partial charge >= 0.3 is 5.97 Å². The molecule has 0 spiro atoms. The number of carboxylic acid groups (broad SMARTS) is 1. The van der Waals surface area contributed by atoms with E-state index in [1.165, 1.54) is 0 Å². The Morgan fingerprint density at radius 1 is 1.33 bits per heavy atom. The Kier molecular flexibility index (Phi) is 4.77. The van der Waals surface area contributed by atoms with Crippen LogP contribution in [0.5, 0.6) is 5.88 Å². The molecule has 0 saturated carbocycles. The number of hydrogen-bond donors (Lipinski definition) is 1. The van der Waals surface area contributed by atoms with Gasteiger partial charge in [-0.2, -0.15) is 0 Å². The van der Waals surface area contributed by atoms with E-state index in [-0.39, 0.29) is 17.9 Å². The van der Waals surface area contributed by atoms with Gasteiger partial charge in [-0.05, 0) is 32.8 Å². The lowest BCUT2D eigenvalue weighted by atomic mass is 9.97. The summed E-state index contributed by atoms with van der Waals surface area (Å²) in [5.74, 6) is -0.880. The van der Waals surface area contributed by atoms with Crippen LogP contribution in [0.15, 0.2) is 18.2 Å². The Morgan fingerprint density at radius 3 is 2.57 bits per heavy atom. The molecular formula is C15H20N2O4. The third kappa shape index (κ3) is 3.93. The fraction of sp³-hybridized carbons (Fsp3) is 0.533. The highest BCUT2D eigenvalue weighted by Crippen LogP contribution is 2.19. The number of aliphatic carboxylic acids is 1. The van der Waals surface area contributed by atoms with E-state index in [0.29, 0.717) is 37.5 Å². The largest absolute Gasteiger partial charge is 0.481 e. The summed E-state index contributed by atoms with van der Waals surface area (Å²) in [6.07, 6.45) is 0.973. The summed E-state index contributed by atoms with van der Waals surface area (Å²) in [7, 11) is 0. The number of nitrogens with zero attached hydrogens (tertiary/aromatic N) is 2. The molecule has 0 radical (unpaired) electrons. The van der Waals surface area contributed by atoms with Gasteiger partial charge in [0.15, 0.2) is 0 Å². The van der Waals surface area contributed by atoms with Crippen LogP contribution in [-0.4, -0.2) is 46.1 Å². The van der Waals surface area contributed by atoms with Crippen LogP contribution in [0.25, 0.3) is 0 Å². The molecule has 1 aromatic heterocycles. The zero-order valence-corrected chi connectivity index (χ0v) is 12.3. The fourth-order valence-corrected chi connectivity index (χ4v) is 2.33. The summed E-state index contributed by atoms with van der Waals surface area (Å²) < 4.78 is 5.48. The van der Waals surface area contributed by atoms with Crippen LogP contribution in [-0.2, 0) is 4.79 Å². The van der Waals surface area contributed by atoms with E-state index in [1.54, 1.807) is 23.1 Å². The van der Waals surface area contributed by atoms with E-state index < -0.39 is 5.97 Å². The topological polar surface area (TPSA) is 79.7 Å². The molecule has 1 aromatic rings. The zero-order valence-electron chi connectivity index (χ0n) is 12.3.